The Morgan fingerprint density at radius 3 is 2.70 bits per heavy atom. The van der Waals surface area contributed by atoms with Crippen LogP contribution in [0.4, 0.5) is 5.00 Å². The van der Waals surface area contributed by atoms with Crippen molar-refractivity contribution in [1.82, 2.24) is 4.90 Å². The fourth-order valence-corrected chi connectivity index (χ4v) is 5.14. The van der Waals surface area contributed by atoms with Gasteiger partial charge < -0.3 is 10.2 Å². The summed E-state index contributed by atoms with van der Waals surface area (Å²) >= 11 is 1.41. The third kappa shape index (κ3) is 3.35. The van der Waals surface area contributed by atoms with Crippen LogP contribution in [0.2, 0.25) is 0 Å². The van der Waals surface area contributed by atoms with E-state index in [1.54, 1.807) is 11.8 Å². The van der Waals surface area contributed by atoms with Crippen LogP contribution in [-0.4, -0.2) is 23.3 Å². The maximum absolute atomic E-state index is 12.8. The third-order valence-electron chi connectivity index (χ3n) is 5.45. The molecule has 138 valence electrons. The lowest BCUT2D eigenvalue weighted by molar-refractivity contribution is -0.129. The van der Waals surface area contributed by atoms with Crippen molar-refractivity contribution in [2.75, 3.05) is 11.9 Å². The summed E-state index contributed by atoms with van der Waals surface area (Å²) in [5.41, 5.74) is 4.75. The topological polar surface area (TPSA) is 73.2 Å². The van der Waals surface area contributed by atoms with Gasteiger partial charge in [0.25, 0.3) is 5.91 Å². The number of carbonyl (C=O) groups is 2. The Labute approximate surface area is 162 Å². The van der Waals surface area contributed by atoms with Crippen molar-refractivity contribution in [3.05, 3.63) is 50.9 Å². The van der Waals surface area contributed by atoms with Crippen molar-refractivity contribution >= 4 is 28.2 Å². The van der Waals surface area contributed by atoms with Gasteiger partial charge in [-0.05, 0) is 60.9 Å². The fraction of sp³-hybridized carbons (Fsp3) is 0.381. The molecule has 2 heterocycles. The average molecular weight is 379 g/mol. The second-order valence-corrected chi connectivity index (χ2v) is 8.26. The quantitative estimate of drug-likeness (QED) is 0.865. The van der Waals surface area contributed by atoms with Crippen LogP contribution in [0.15, 0.2) is 18.2 Å². The van der Waals surface area contributed by atoms with Crippen LogP contribution in [0.1, 0.15) is 57.3 Å². The third-order valence-corrected chi connectivity index (χ3v) is 6.58. The van der Waals surface area contributed by atoms with Crippen molar-refractivity contribution in [1.29, 1.82) is 5.26 Å². The molecule has 0 radical (unpaired) electrons. The predicted molar refractivity (Wildman–Crippen MR) is 105 cm³/mol. The fourth-order valence-electron chi connectivity index (χ4n) is 3.93. The highest BCUT2D eigenvalue weighted by Crippen LogP contribution is 2.37. The highest BCUT2D eigenvalue weighted by molar-refractivity contribution is 7.16. The molecular weight excluding hydrogens is 358 g/mol. The van der Waals surface area contributed by atoms with E-state index in [1.807, 2.05) is 12.1 Å². The standard InChI is InChI=1S/C21H21N3O2S/c1-13(25)24-9-8-17-18(11-22)21(27-19(17)12-24)23-20(26)16-7-6-14-4-2-3-5-15(14)10-16/h6-7,10H,2-5,8-9,12H2,1H3,(H,23,26). The molecule has 0 saturated carbocycles. The van der Waals surface area contributed by atoms with Crippen molar-refractivity contribution in [3.63, 3.8) is 0 Å². The molecule has 0 atom stereocenters. The molecule has 27 heavy (non-hydrogen) atoms. The van der Waals surface area contributed by atoms with Gasteiger partial charge in [0.2, 0.25) is 5.91 Å². The smallest absolute Gasteiger partial charge is 0.256 e. The largest absolute Gasteiger partial charge is 0.337 e. The minimum absolute atomic E-state index is 0.0344. The minimum atomic E-state index is -0.179. The number of nitrogens with zero attached hydrogens (tertiary/aromatic N) is 2. The zero-order valence-corrected chi connectivity index (χ0v) is 16.1. The molecule has 0 fully saturated rings. The van der Waals surface area contributed by atoms with Gasteiger partial charge in [0, 0.05) is 23.9 Å². The number of amides is 2. The Bertz CT molecular complexity index is 971. The number of fused-ring (bicyclic) bond motifs is 2. The molecular formula is C21H21N3O2S. The van der Waals surface area contributed by atoms with E-state index >= 15 is 0 Å². The molecule has 1 aliphatic heterocycles. The van der Waals surface area contributed by atoms with Crippen LogP contribution in [0, 0.1) is 11.3 Å². The summed E-state index contributed by atoms with van der Waals surface area (Å²) in [5.74, 6) is -0.144. The molecule has 0 saturated heterocycles. The van der Waals surface area contributed by atoms with Gasteiger partial charge in [-0.15, -0.1) is 11.3 Å². The molecule has 2 aromatic rings. The molecule has 1 aromatic carbocycles. The molecule has 4 rings (SSSR count). The Morgan fingerprint density at radius 1 is 1.19 bits per heavy atom. The predicted octanol–water partition coefficient (Wildman–Crippen LogP) is 3.66. The number of nitriles is 1. The Hall–Kier alpha value is -2.65. The zero-order valence-electron chi connectivity index (χ0n) is 15.3. The van der Waals surface area contributed by atoms with Gasteiger partial charge in [0.15, 0.2) is 0 Å². The van der Waals surface area contributed by atoms with E-state index in [4.69, 9.17) is 0 Å². The molecule has 2 aliphatic rings. The SMILES string of the molecule is CC(=O)N1CCc2c(sc(NC(=O)c3ccc4c(c3)CCCC4)c2C#N)C1. The Kier molecular flexibility index (Phi) is 4.71. The minimum Gasteiger partial charge on any atom is -0.337 e. The molecule has 0 spiro atoms. The molecule has 5 nitrogen and oxygen atoms in total. The van der Waals surface area contributed by atoms with Crippen LogP contribution < -0.4 is 5.32 Å². The number of aryl methyl sites for hydroxylation is 2. The number of hydrogen-bond acceptors (Lipinski definition) is 4. The summed E-state index contributed by atoms with van der Waals surface area (Å²) in [6.45, 7) is 2.69. The summed E-state index contributed by atoms with van der Waals surface area (Å²) in [5, 5.41) is 13.1. The van der Waals surface area contributed by atoms with Gasteiger partial charge in [-0.3, -0.25) is 9.59 Å². The molecule has 0 unspecified atom stereocenters. The summed E-state index contributed by atoms with van der Waals surface area (Å²) in [7, 11) is 0. The van der Waals surface area contributed by atoms with Crippen molar-refractivity contribution in [2.45, 2.75) is 45.6 Å². The van der Waals surface area contributed by atoms with Crippen molar-refractivity contribution in [3.8, 4) is 6.07 Å². The second-order valence-electron chi connectivity index (χ2n) is 7.16. The van der Waals surface area contributed by atoms with Gasteiger partial charge in [0.05, 0.1) is 12.1 Å². The van der Waals surface area contributed by atoms with E-state index in [0.717, 1.165) is 23.3 Å². The second kappa shape index (κ2) is 7.16. The van der Waals surface area contributed by atoms with Crippen LogP contribution in [0.5, 0.6) is 0 Å². The number of thiophene rings is 1. The average Bonchev–Trinajstić information content (AvgIpc) is 3.03. The normalized spacial score (nSPS) is 15.5. The van der Waals surface area contributed by atoms with E-state index < -0.39 is 0 Å². The molecule has 0 bridgehead atoms. The number of carbonyl (C=O) groups excluding carboxylic acids is 2. The summed E-state index contributed by atoms with van der Waals surface area (Å²) in [6.07, 6.45) is 5.14. The van der Waals surface area contributed by atoms with Gasteiger partial charge in [-0.1, -0.05) is 6.07 Å². The highest BCUT2D eigenvalue weighted by atomic mass is 32.1. The molecule has 2 amide bonds. The van der Waals surface area contributed by atoms with Gasteiger partial charge in [0.1, 0.15) is 11.1 Å². The van der Waals surface area contributed by atoms with E-state index in [-0.39, 0.29) is 11.8 Å². The van der Waals surface area contributed by atoms with Crippen LogP contribution in [-0.2, 0) is 30.6 Å². The van der Waals surface area contributed by atoms with Crippen LogP contribution >= 0.6 is 11.3 Å². The maximum Gasteiger partial charge on any atom is 0.256 e. The molecule has 6 heteroatoms. The first-order valence-corrected chi connectivity index (χ1v) is 10.1. The first kappa shape index (κ1) is 17.7. The number of anilines is 1. The van der Waals surface area contributed by atoms with Gasteiger partial charge >= 0.3 is 0 Å². The van der Waals surface area contributed by atoms with E-state index in [1.165, 1.54) is 35.3 Å². The van der Waals surface area contributed by atoms with Crippen LogP contribution in [0.25, 0.3) is 0 Å². The number of benzene rings is 1. The Balaban J connectivity index is 1.59. The molecule has 1 N–H and O–H groups in total. The number of hydrogen-bond donors (Lipinski definition) is 1. The van der Waals surface area contributed by atoms with Crippen molar-refractivity contribution < 1.29 is 9.59 Å². The maximum atomic E-state index is 12.8. The Morgan fingerprint density at radius 2 is 1.96 bits per heavy atom. The highest BCUT2D eigenvalue weighted by Gasteiger charge is 2.26. The molecule has 1 aromatic heterocycles. The van der Waals surface area contributed by atoms with Gasteiger partial charge in [-0.25, -0.2) is 0 Å². The lowest BCUT2D eigenvalue weighted by atomic mass is 9.90. The number of rotatable bonds is 2. The lowest BCUT2D eigenvalue weighted by Gasteiger charge is -2.25. The lowest BCUT2D eigenvalue weighted by Crippen LogP contribution is -2.33. The van der Waals surface area contributed by atoms with E-state index in [2.05, 4.69) is 17.5 Å². The van der Waals surface area contributed by atoms with Crippen molar-refractivity contribution in [2.24, 2.45) is 0 Å². The number of nitrogens with one attached hydrogen (secondary N) is 1. The van der Waals surface area contributed by atoms with Crippen LogP contribution in [0.3, 0.4) is 0 Å². The summed E-state index contributed by atoms with van der Waals surface area (Å²) < 4.78 is 0. The first-order valence-electron chi connectivity index (χ1n) is 9.30. The summed E-state index contributed by atoms with van der Waals surface area (Å²) in [6, 6.07) is 8.16. The van der Waals surface area contributed by atoms with Gasteiger partial charge in [-0.2, -0.15) is 5.26 Å². The summed E-state index contributed by atoms with van der Waals surface area (Å²) in [4.78, 5) is 27.2. The van der Waals surface area contributed by atoms with E-state index in [9.17, 15) is 14.9 Å². The monoisotopic (exact) mass is 379 g/mol. The zero-order chi connectivity index (χ0) is 19.0. The van der Waals surface area contributed by atoms with E-state index in [0.29, 0.717) is 35.6 Å². The molecule has 1 aliphatic carbocycles. The first-order chi connectivity index (χ1) is 13.1.